The minimum atomic E-state index is -3.85. The van der Waals surface area contributed by atoms with Crippen LogP contribution in [0.3, 0.4) is 0 Å². The lowest BCUT2D eigenvalue weighted by Crippen LogP contribution is -2.08. The van der Waals surface area contributed by atoms with Gasteiger partial charge < -0.3 is 10.2 Å². The van der Waals surface area contributed by atoms with Crippen molar-refractivity contribution < 1.29 is 18.6 Å². The molecule has 0 fully saturated rings. The van der Waals surface area contributed by atoms with E-state index in [1.54, 1.807) is 33.8 Å². The van der Waals surface area contributed by atoms with Crippen molar-refractivity contribution in [3.05, 3.63) is 46.5 Å². The van der Waals surface area contributed by atoms with Crippen LogP contribution in [0.25, 0.3) is 0 Å². The van der Waals surface area contributed by atoms with E-state index in [2.05, 4.69) is 0 Å². The van der Waals surface area contributed by atoms with Crippen LogP contribution in [0.1, 0.15) is 22.3 Å². The van der Waals surface area contributed by atoms with Gasteiger partial charge in [0.15, 0.2) is 0 Å². The Labute approximate surface area is 124 Å². The number of hydrogen-bond donors (Lipinski definition) is 2. The van der Waals surface area contributed by atoms with Crippen LogP contribution in [0, 0.1) is 27.7 Å². The summed E-state index contributed by atoms with van der Waals surface area (Å²) in [5, 5.41) is 19.7. The van der Waals surface area contributed by atoms with E-state index in [9.17, 15) is 18.6 Å². The van der Waals surface area contributed by atoms with Gasteiger partial charge in [0.25, 0.3) is 0 Å². The van der Waals surface area contributed by atoms with Gasteiger partial charge in [0.1, 0.15) is 16.4 Å². The maximum absolute atomic E-state index is 12.9. The molecule has 2 aromatic rings. The van der Waals surface area contributed by atoms with Gasteiger partial charge >= 0.3 is 0 Å². The topological polar surface area (TPSA) is 74.6 Å². The van der Waals surface area contributed by atoms with Gasteiger partial charge in [0.2, 0.25) is 9.84 Å². The second-order valence-corrected chi connectivity index (χ2v) is 7.12. The fourth-order valence-corrected chi connectivity index (χ4v) is 4.23. The average molecular weight is 306 g/mol. The molecule has 0 unspecified atom stereocenters. The Morgan fingerprint density at radius 1 is 0.810 bits per heavy atom. The molecule has 0 saturated carbocycles. The summed E-state index contributed by atoms with van der Waals surface area (Å²) in [7, 11) is -3.85. The third-order valence-corrected chi connectivity index (χ3v) is 5.78. The van der Waals surface area contributed by atoms with Crippen molar-refractivity contribution in [1.82, 2.24) is 0 Å². The second kappa shape index (κ2) is 5.07. The average Bonchev–Trinajstić information content (AvgIpc) is 2.38. The highest BCUT2D eigenvalue weighted by molar-refractivity contribution is 7.91. The maximum atomic E-state index is 12.9. The van der Waals surface area contributed by atoms with Gasteiger partial charge in [-0.1, -0.05) is 6.07 Å². The first-order valence-corrected chi connectivity index (χ1v) is 7.99. The van der Waals surface area contributed by atoms with Gasteiger partial charge in [-0.25, -0.2) is 8.42 Å². The van der Waals surface area contributed by atoms with E-state index in [0.29, 0.717) is 16.7 Å². The van der Waals surface area contributed by atoms with Crippen molar-refractivity contribution in [1.29, 1.82) is 0 Å². The van der Waals surface area contributed by atoms with Crippen molar-refractivity contribution >= 4 is 9.84 Å². The lowest BCUT2D eigenvalue weighted by Gasteiger charge is -2.14. The van der Waals surface area contributed by atoms with Crippen molar-refractivity contribution in [2.45, 2.75) is 37.5 Å². The maximum Gasteiger partial charge on any atom is 0.210 e. The van der Waals surface area contributed by atoms with Crippen LogP contribution < -0.4 is 0 Å². The van der Waals surface area contributed by atoms with Crippen molar-refractivity contribution in [2.75, 3.05) is 0 Å². The Hall–Kier alpha value is -2.01. The molecule has 0 aromatic heterocycles. The molecule has 0 bridgehead atoms. The number of aryl methyl sites for hydroxylation is 3. The standard InChI is InChI=1S/C16H18O4S/c1-9-5-6-13(17)16(12(9)4)21(19,20)15-8-10(2)14(18)7-11(15)3/h5-8,17-18H,1-4H3. The Morgan fingerprint density at radius 3 is 2.05 bits per heavy atom. The first kappa shape index (κ1) is 15.4. The van der Waals surface area contributed by atoms with E-state index in [0.717, 1.165) is 5.56 Å². The summed E-state index contributed by atoms with van der Waals surface area (Å²) >= 11 is 0. The predicted octanol–water partition coefficient (Wildman–Crippen LogP) is 3.16. The molecule has 0 amide bonds. The largest absolute Gasteiger partial charge is 0.508 e. The Morgan fingerprint density at radius 2 is 1.43 bits per heavy atom. The van der Waals surface area contributed by atoms with Gasteiger partial charge in [0, 0.05) is 0 Å². The summed E-state index contributed by atoms with van der Waals surface area (Å²) in [5.74, 6) is -0.208. The number of benzene rings is 2. The number of aromatic hydroxyl groups is 2. The fraction of sp³-hybridized carbons (Fsp3) is 0.250. The zero-order valence-corrected chi connectivity index (χ0v) is 13.2. The molecule has 2 aromatic carbocycles. The lowest BCUT2D eigenvalue weighted by molar-refractivity contribution is 0.457. The molecular formula is C16H18O4S. The minimum absolute atomic E-state index is 0.0524. The molecule has 0 radical (unpaired) electrons. The van der Waals surface area contributed by atoms with Crippen molar-refractivity contribution in [3.8, 4) is 11.5 Å². The third-order valence-electron chi connectivity index (χ3n) is 3.71. The molecule has 0 heterocycles. The van der Waals surface area contributed by atoms with Gasteiger partial charge in [-0.05, 0) is 68.1 Å². The Kier molecular flexibility index (Phi) is 3.72. The molecule has 2 rings (SSSR count). The van der Waals surface area contributed by atoms with Gasteiger partial charge in [-0.2, -0.15) is 0 Å². The zero-order valence-electron chi connectivity index (χ0n) is 12.4. The van der Waals surface area contributed by atoms with E-state index in [1.165, 1.54) is 18.2 Å². The molecule has 112 valence electrons. The van der Waals surface area contributed by atoms with E-state index in [4.69, 9.17) is 0 Å². The van der Waals surface area contributed by atoms with Crippen molar-refractivity contribution in [2.24, 2.45) is 0 Å². The molecule has 0 aliphatic carbocycles. The van der Waals surface area contributed by atoms with Crippen LogP contribution in [0.15, 0.2) is 34.1 Å². The molecule has 2 N–H and O–H groups in total. The van der Waals surface area contributed by atoms with E-state index in [1.807, 2.05) is 0 Å². The molecule has 4 nitrogen and oxygen atoms in total. The van der Waals surface area contributed by atoms with E-state index in [-0.39, 0.29) is 21.3 Å². The molecule has 0 aliphatic rings. The first-order chi connectivity index (χ1) is 9.66. The molecule has 0 aliphatic heterocycles. The van der Waals surface area contributed by atoms with Crippen LogP contribution in [-0.4, -0.2) is 18.6 Å². The van der Waals surface area contributed by atoms with Crippen LogP contribution in [0.5, 0.6) is 11.5 Å². The van der Waals surface area contributed by atoms with Gasteiger partial charge in [-0.15, -0.1) is 0 Å². The smallest absolute Gasteiger partial charge is 0.210 e. The number of phenols is 2. The SMILES string of the molecule is Cc1cc(S(=O)(=O)c2c(O)ccc(C)c2C)c(C)cc1O. The number of phenolic OH excluding ortho intramolecular Hbond substituents is 2. The summed E-state index contributed by atoms with van der Waals surface area (Å²) < 4.78 is 25.7. The number of sulfone groups is 1. The van der Waals surface area contributed by atoms with E-state index < -0.39 is 9.84 Å². The molecule has 0 spiro atoms. The summed E-state index contributed by atoms with van der Waals surface area (Å²) in [4.78, 5) is 0.0255. The van der Waals surface area contributed by atoms with Gasteiger partial charge in [-0.3, -0.25) is 0 Å². The van der Waals surface area contributed by atoms with Crippen LogP contribution in [-0.2, 0) is 9.84 Å². The minimum Gasteiger partial charge on any atom is -0.508 e. The Bertz CT molecular complexity index is 821. The lowest BCUT2D eigenvalue weighted by atomic mass is 10.1. The molecular weight excluding hydrogens is 288 g/mol. The van der Waals surface area contributed by atoms with Crippen LogP contribution >= 0.6 is 0 Å². The molecule has 0 atom stereocenters. The van der Waals surface area contributed by atoms with Crippen LogP contribution in [0.2, 0.25) is 0 Å². The fourth-order valence-electron chi connectivity index (χ4n) is 2.29. The monoisotopic (exact) mass is 306 g/mol. The summed E-state index contributed by atoms with van der Waals surface area (Å²) in [6.07, 6.45) is 0. The summed E-state index contributed by atoms with van der Waals surface area (Å²) in [5.41, 5.74) is 2.24. The molecule has 0 saturated heterocycles. The normalized spacial score (nSPS) is 11.6. The van der Waals surface area contributed by atoms with E-state index >= 15 is 0 Å². The first-order valence-electron chi connectivity index (χ1n) is 6.50. The second-order valence-electron chi connectivity index (χ2n) is 5.26. The van der Waals surface area contributed by atoms with Gasteiger partial charge in [0.05, 0.1) is 4.90 Å². The third kappa shape index (κ3) is 2.49. The predicted molar refractivity (Wildman–Crippen MR) is 80.6 cm³/mol. The number of rotatable bonds is 2. The molecule has 5 heteroatoms. The summed E-state index contributed by atoms with van der Waals surface area (Å²) in [6, 6.07) is 5.92. The highest BCUT2D eigenvalue weighted by atomic mass is 32.2. The zero-order chi connectivity index (χ0) is 15.9. The molecule has 21 heavy (non-hydrogen) atoms. The number of hydrogen-bond acceptors (Lipinski definition) is 4. The highest BCUT2D eigenvalue weighted by Crippen LogP contribution is 2.36. The van der Waals surface area contributed by atoms with Crippen LogP contribution in [0.4, 0.5) is 0 Å². The Balaban J connectivity index is 2.81. The quantitative estimate of drug-likeness (QED) is 0.893. The summed E-state index contributed by atoms with van der Waals surface area (Å²) in [6.45, 7) is 6.72. The highest BCUT2D eigenvalue weighted by Gasteiger charge is 2.26. The van der Waals surface area contributed by atoms with Crippen molar-refractivity contribution in [3.63, 3.8) is 0 Å².